The summed E-state index contributed by atoms with van der Waals surface area (Å²) in [5.74, 6) is 0.225. The third-order valence-corrected chi connectivity index (χ3v) is 10.3. The number of carbonyl (C=O) groups excluding carboxylic acids is 3. The van der Waals surface area contributed by atoms with Gasteiger partial charge in [-0.25, -0.2) is 4.79 Å². The maximum absolute atomic E-state index is 14.1. The third kappa shape index (κ3) is 7.62. The van der Waals surface area contributed by atoms with Crippen molar-refractivity contribution < 1.29 is 28.2 Å². The van der Waals surface area contributed by atoms with Crippen LogP contribution in [0, 0.1) is 23.7 Å². The van der Waals surface area contributed by atoms with Gasteiger partial charge in [0.1, 0.15) is 11.7 Å². The number of nitrogens with one attached hydrogen (secondary N) is 2. The predicted molar refractivity (Wildman–Crippen MR) is 168 cm³/mol. The van der Waals surface area contributed by atoms with Crippen molar-refractivity contribution in [3.05, 3.63) is 30.0 Å². The number of alkyl halides is 1. The Hall–Kier alpha value is -2.98. The van der Waals surface area contributed by atoms with Gasteiger partial charge in [0.2, 0.25) is 11.8 Å². The fourth-order valence-corrected chi connectivity index (χ4v) is 7.83. The molecule has 0 bridgehead atoms. The molecular weight excluding hydrogens is 563 g/mol. The topological polar surface area (TPSA) is 127 Å². The zero-order chi connectivity index (χ0) is 31.1. The van der Waals surface area contributed by atoms with E-state index in [4.69, 9.17) is 15.2 Å². The van der Waals surface area contributed by atoms with Crippen molar-refractivity contribution in [3.63, 3.8) is 0 Å². The Labute approximate surface area is 259 Å². The lowest BCUT2D eigenvalue weighted by Crippen LogP contribution is -2.50. The number of esters is 1. The van der Waals surface area contributed by atoms with Crippen molar-refractivity contribution in [2.45, 2.75) is 89.1 Å². The van der Waals surface area contributed by atoms with Crippen molar-refractivity contribution >= 4 is 34.4 Å². The molecule has 1 aliphatic heterocycles. The van der Waals surface area contributed by atoms with Crippen molar-refractivity contribution in [2.75, 3.05) is 38.9 Å². The lowest BCUT2D eigenvalue weighted by molar-refractivity contribution is -0.142. The number of carbonyl (C=O) groups is 3. The number of nitrogens with zero attached hydrogens (tertiary/aromatic N) is 1. The summed E-state index contributed by atoms with van der Waals surface area (Å²) in [6, 6.07) is 6.59. The Morgan fingerprint density at radius 3 is 2.55 bits per heavy atom. The molecule has 44 heavy (non-hydrogen) atoms. The van der Waals surface area contributed by atoms with Crippen LogP contribution in [0.1, 0.15) is 87.5 Å². The van der Waals surface area contributed by atoms with Crippen LogP contribution in [-0.4, -0.2) is 73.3 Å². The molecule has 0 spiro atoms. The molecule has 2 amide bonds. The normalized spacial score (nSPS) is 25.2. The number of likely N-dealkylation sites (tertiary alicyclic amines) is 1. The number of benzene rings is 1. The van der Waals surface area contributed by atoms with Gasteiger partial charge in [-0.1, -0.05) is 32.1 Å². The molecule has 1 aromatic heterocycles. The highest BCUT2D eigenvalue weighted by atomic mass is 19.1. The van der Waals surface area contributed by atoms with E-state index in [2.05, 4.69) is 10.3 Å². The van der Waals surface area contributed by atoms with E-state index in [0.29, 0.717) is 43.3 Å². The monoisotopic (exact) mass is 612 g/mol. The average Bonchev–Trinajstić information content (AvgIpc) is 3.68. The molecule has 4 N–H and O–H groups in total. The van der Waals surface area contributed by atoms with E-state index >= 15 is 0 Å². The number of rotatable bonds is 12. The summed E-state index contributed by atoms with van der Waals surface area (Å²) in [5.41, 5.74) is 7.95. The molecule has 242 valence electrons. The highest BCUT2D eigenvalue weighted by Gasteiger charge is 2.47. The number of halogens is 1. The molecule has 1 saturated heterocycles. The summed E-state index contributed by atoms with van der Waals surface area (Å²) < 4.78 is 23.2. The molecule has 2 saturated carbocycles. The summed E-state index contributed by atoms with van der Waals surface area (Å²) in [5, 5.41) is 3.92. The van der Waals surface area contributed by atoms with E-state index < -0.39 is 18.7 Å². The van der Waals surface area contributed by atoms with Gasteiger partial charge >= 0.3 is 5.97 Å². The fraction of sp³-hybridized carbons (Fsp3) is 0.676. The van der Waals surface area contributed by atoms with Crippen LogP contribution >= 0.6 is 0 Å². The zero-order valence-corrected chi connectivity index (χ0v) is 26.0. The molecule has 3 fully saturated rings. The minimum Gasteiger partial charge on any atom is -0.461 e. The van der Waals surface area contributed by atoms with Crippen molar-refractivity contribution in [1.82, 2.24) is 9.88 Å². The number of anilines is 1. The van der Waals surface area contributed by atoms with Crippen LogP contribution < -0.4 is 11.1 Å². The minimum atomic E-state index is -0.503. The van der Waals surface area contributed by atoms with Gasteiger partial charge in [0.25, 0.3) is 0 Å². The SMILES string of the molecule is COCCCOC(=O)c1cc2cc(NC(=O)[C@@H]3[C@H](C4CCCCC4)CCN3C(=O)[C@H]3CC[C@H]([C@H](N)CCF)CC3)ccc2[nH]1. The molecule has 0 radical (unpaired) electrons. The molecule has 9 nitrogen and oxygen atoms in total. The van der Waals surface area contributed by atoms with Gasteiger partial charge in [-0.3, -0.25) is 14.0 Å². The van der Waals surface area contributed by atoms with Crippen LogP contribution in [0.15, 0.2) is 24.3 Å². The highest BCUT2D eigenvalue weighted by Crippen LogP contribution is 2.41. The van der Waals surface area contributed by atoms with Crippen LogP contribution in [-0.2, 0) is 19.1 Å². The highest BCUT2D eigenvalue weighted by molar-refractivity contribution is 6.01. The standard InChI is InChI=1S/C34H49FN4O5/c1-43-18-5-19-44-34(42)30-21-25-20-26(12-13-29(25)38-30)37-32(40)31-27(22-6-3-2-4-7-22)15-17-39(31)33(41)24-10-8-23(9-11-24)28(36)14-16-35/h12-13,20-24,27-28,31,38H,2-11,14-19,36H2,1H3,(H,37,40)/t23-,24-,27-,28+,31-/m0/s1. The van der Waals surface area contributed by atoms with Gasteiger partial charge < -0.3 is 30.4 Å². The first-order valence-electron chi connectivity index (χ1n) is 16.6. The third-order valence-electron chi connectivity index (χ3n) is 10.3. The lowest BCUT2D eigenvalue weighted by atomic mass is 9.76. The molecule has 2 heterocycles. The van der Waals surface area contributed by atoms with Gasteiger partial charge in [-0.2, -0.15) is 0 Å². The molecule has 1 aromatic carbocycles. The van der Waals surface area contributed by atoms with Gasteiger partial charge in [0.05, 0.1) is 13.3 Å². The number of aromatic amines is 1. The molecule has 0 unspecified atom stereocenters. The summed E-state index contributed by atoms with van der Waals surface area (Å²) >= 11 is 0. The Balaban J connectivity index is 1.28. The second kappa shape index (κ2) is 15.3. The van der Waals surface area contributed by atoms with Gasteiger partial charge in [0.15, 0.2) is 0 Å². The number of amides is 2. The fourth-order valence-electron chi connectivity index (χ4n) is 7.83. The Morgan fingerprint density at radius 1 is 1.05 bits per heavy atom. The molecule has 2 aromatic rings. The molecule has 3 aliphatic rings. The number of H-pyrrole nitrogens is 1. The Bertz CT molecular complexity index is 1270. The Kier molecular flexibility index (Phi) is 11.3. The number of hydrogen-bond acceptors (Lipinski definition) is 6. The first-order valence-corrected chi connectivity index (χ1v) is 16.6. The van der Waals surface area contributed by atoms with Gasteiger partial charge in [0, 0.05) is 55.2 Å². The molecule has 5 rings (SSSR count). The van der Waals surface area contributed by atoms with Crippen LogP contribution in [0.25, 0.3) is 10.9 Å². The number of ether oxygens (including phenoxy) is 2. The van der Waals surface area contributed by atoms with E-state index in [9.17, 15) is 18.8 Å². The smallest absolute Gasteiger partial charge is 0.354 e. The van der Waals surface area contributed by atoms with Gasteiger partial charge in [-0.05, 0) is 80.5 Å². The minimum absolute atomic E-state index is 0.0794. The molecule has 3 atom stereocenters. The second-order valence-electron chi connectivity index (χ2n) is 13.0. The van der Waals surface area contributed by atoms with E-state index in [1.807, 2.05) is 23.1 Å². The zero-order valence-electron chi connectivity index (χ0n) is 26.0. The van der Waals surface area contributed by atoms with Gasteiger partial charge in [-0.15, -0.1) is 0 Å². The number of aromatic nitrogens is 1. The van der Waals surface area contributed by atoms with Crippen LogP contribution in [0.2, 0.25) is 0 Å². The number of methoxy groups -OCH3 is 1. The Morgan fingerprint density at radius 2 is 1.82 bits per heavy atom. The van der Waals surface area contributed by atoms with E-state index in [1.165, 1.54) is 19.3 Å². The maximum atomic E-state index is 14.1. The summed E-state index contributed by atoms with van der Waals surface area (Å²) in [6.45, 7) is 0.988. The predicted octanol–water partition coefficient (Wildman–Crippen LogP) is 5.59. The summed E-state index contributed by atoms with van der Waals surface area (Å²) in [7, 11) is 1.61. The number of nitrogens with two attached hydrogens (primary N) is 1. The maximum Gasteiger partial charge on any atom is 0.354 e. The largest absolute Gasteiger partial charge is 0.461 e. The van der Waals surface area contributed by atoms with E-state index in [-0.39, 0.29) is 42.2 Å². The van der Waals surface area contributed by atoms with Crippen LogP contribution in [0.3, 0.4) is 0 Å². The van der Waals surface area contributed by atoms with Crippen LogP contribution in [0.5, 0.6) is 0 Å². The molecule has 2 aliphatic carbocycles. The first kappa shape index (κ1) is 32.4. The molecule has 10 heteroatoms. The average molecular weight is 613 g/mol. The van der Waals surface area contributed by atoms with Crippen molar-refractivity contribution in [2.24, 2.45) is 29.4 Å². The summed E-state index contributed by atoms with van der Waals surface area (Å²) in [6.07, 6.45) is 10.8. The van der Waals surface area contributed by atoms with Crippen LogP contribution in [0.4, 0.5) is 10.1 Å². The molecular formula is C34H49FN4O5. The van der Waals surface area contributed by atoms with E-state index in [1.54, 1.807) is 13.2 Å². The van der Waals surface area contributed by atoms with Crippen molar-refractivity contribution in [3.8, 4) is 0 Å². The number of hydrogen-bond donors (Lipinski definition) is 3. The van der Waals surface area contributed by atoms with Crippen molar-refractivity contribution in [1.29, 1.82) is 0 Å². The van der Waals surface area contributed by atoms with E-state index in [0.717, 1.165) is 55.8 Å². The summed E-state index contributed by atoms with van der Waals surface area (Å²) in [4.78, 5) is 45.5. The lowest BCUT2D eigenvalue weighted by Gasteiger charge is -2.37. The second-order valence-corrected chi connectivity index (χ2v) is 13.0. The number of fused-ring (bicyclic) bond motifs is 1. The quantitative estimate of drug-likeness (QED) is 0.212. The first-order chi connectivity index (χ1) is 21.4.